The molecule has 0 fully saturated rings. The molecule has 3 nitrogen and oxygen atoms in total. The molecule has 3 heteroatoms. The predicted molar refractivity (Wildman–Crippen MR) is 260 cm³/mol. The zero-order chi connectivity index (χ0) is 41.0. The fraction of sp³-hybridized carbons (Fsp3) is 0. The van der Waals surface area contributed by atoms with Gasteiger partial charge in [0.15, 0.2) is 0 Å². The third kappa shape index (κ3) is 6.10. The largest absolute Gasteiger partial charge is 0.309 e. The van der Waals surface area contributed by atoms with Gasteiger partial charge in [-0.25, -0.2) is 4.98 Å². The lowest BCUT2D eigenvalue weighted by molar-refractivity contribution is 1.18. The number of pyridine rings is 1. The van der Waals surface area contributed by atoms with Gasteiger partial charge in [0, 0.05) is 44.0 Å². The van der Waals surface area contributed by atoms with Gasteiger partial charge >= 0.3 is 0 Å². The van der Waals surface area contributed by atoms with Crippen LogP contribution in [0.3, 0.4) is 0 Å². The lowest BCUT2D eigenvalue weighted by Crippen LogP contribution is -1.96. The van der Waals surface area contributed by atoms with Crippen molar-refractivity contribution in [2.24, 2.45) is 0 Å². The van der Waals surface area contributed by atoms with Crippen molar-refractivity contribution in [3.05, 3.63) is 237 Å². The highest BCUT2D eigenvalue weighted by atomic mass is 15.0. The Morgan fingerprint density at radius 2 is 0.661 bits per heavy atom. The molecule has 0 unspecified atom stereocenters. The van der Waals surface area contributed by atoms with Crippen molar-refractivity contribution in [2.45, 2.75) is 0 Å². The Hall–Kier alpha value is -8.27. The molecule has 0 spiro atoms. The molecule has 3 heterocycles. The predicted octanol–water partition coefficient (Wildman–Crippen LogP) is 15.6. The Morgan fingerprint density at radius 3 is 1.34 bits per heavy atom. The zero-order valence-corrected chi connectivity index (χ0v) is 33.9. The van der Waals surface area contributed by atoms with Crippen LogP contribution in [0, 0.1) is 0 Å². The monoisotopic (exact) mass is 789 g/mol. The average molecular weight is 790 g/mol. The van der Waals surface area contributed by atoms with Gasteiger partial charge in [0.1, 0.15) is 0 Å². The van der Waals surface area contributed by atoms with E-state index in [4.69, 9.17) is 4.98 Å². The molecule has 290 valence electrons. The van der Waals surface area contributed by atoms with Crippen LogP contribution >= 0.6 is 0 Å². The molecule has 0 aliphatic rings. The molecule has 62 heavy (non-hydrogen) atoms. The molecule has 0 atom stereocenters. The standard InChI is InChI=1S/C59H39N3/c1-4-16-40(17-5-1)43-22-14-24-48(34-43)62-56-28-12-10-26-50(56)52-32-30-45(39-59(52)62)44-31-33-58-53(36-44)51-27-11-13-29-57(51)61(58)49-25-15-23-46(35-49)55-38-47(41-18-6-2-7-19-41)37-54(60-55)42-20-8-3-9-21-42/h1-39H. The Labute approximate surface area is 360 Å². The first-order valence-corrected chi connectivity index (χ1v) is 21.2. The molecule has 0 saturated heterocycles. The Morgan fingerprint density at radius 1 is 0.226 bits per heavy atom. The van der Waals surface area contributed by atoms with Crippen LogP contribution in [0.25, 0.3) is 111 Å². The van der Waals surface area contributed by atoms with Crippen LogP contribution in [0.4, 0.5) is 0 Å². The molecule has 12 rings (SSSR count). The minimum atomic E-state index is 0.940. The molecular formula is C59H39N3. The molecular weight excluding hydrogens is 751 g/mol. The first-order chi connectivity index (χ1) is 30.7. The Balaban J connectivity index is 0.987. The van der Waals surface area contributed by atoms with E-state index in [1.165, 1.54) is 65.9 Å². The molecule has 3 aromatic heterocycles. The minimum absolute atomic E-state index is 0.940. The molecule has 12 aromatic rings. The molecule has 9 aromatic carbocycles. The summed E-state index contributed by atoms with van der Waals surface area (Å²) in [6, 6.07) is 85.2. The van der Waals surface area contributed by atoms with Crippen LogP contribution in [0.1, 0.15) is 0 Å². The molecule has 0 N–H and O–H groups in total. The molecule has 0 radical (unpaired) electrons. The summed E-state index contributed by atoms with van der Waals surface area (Å²) in [6.45, 7) is 0. The van der Waals surface area contributed by atoms with Crippen molar-refractivity contribution in [3.63, 3.8) is 0 Å². The number of nitrogens with zero attached hydrogens (tertiary/aromatic N) is 3. The number of rotatable bonds is 7. The highest BCUT2D eigenvalue weighted by Crippen LogP contribution is 2.39. The van der Waals surface area contributed by atoms with Gasteiger partial charge in [-0.2, -0.15) is 0 Å². The van der Waals surface area contributed by atoms with Gasteiger partial charge in [0.25, 0.3) is 0 Å². The van der Waals surface area contributed by atoms with Gasteiger partial charge in [-0.1, -0.05) is 170 Å². The van der Waals surface area contributed by atoms with Gasteiger partial charge < -0.3 is 9.13 Å². The SMILES string of the molecule is c1ccc(-c2cccc(-n3c4ccccc4c4ccc(-c5ccc6c(c5)c5ccccc5n6-c5cccc(-c6cc(-c7ccccc7)cc(-c7ccccc7)n6)c5)cc43)c2)cc1. The van der Waals surface area contributed by atoms with Gasteiger partial charge in [-0.15, -0.1) is 0 Å². The molecule has 0 saturated carbocycles. The van der Waals surface area contributed by atoms with E-state index in [-0.39, 0.29) is 0 Å². The average Bonchev–Trinajstić information content (AvgIpc) is 3.87. The fourth-order valence-corrected chi connectivity index (χ4v) is 9.35. The molecule has 0 aliphatic heterocycles. The highest BCUT2D eigenvalue weighted by Gasteiger charge is 2.18. The van der Waals surface area contributed by atoms with Crippen LogP contribution in [0.2, 0.25) is 0 Å². The van der Waals surface area contributed by atoms with Crippen molar-refractivity contribution in [3.8, 4) is 67.3 Å². The summed E-state index contributed by atoms with van der Waals surface area (Å²) in [5.41, 5.74) is 18.1. The lowest BCUT2D eigenvalue weighted by atomic mass is 10.00. The number of aromatic nitrogens is 3. The third-order valence-electron chi connectivity index (χ3n) is 12.3. The third-order valence-corrected chi connectivity index (χ3v) is 12.3. The van der Waals surface area contributed by atoms with Gasteiger partial charge in [0.05, 0.1) is 33.5 Å². The van der Waals surface area contributed by atoms with E-state index >= 15 is 0 Å². The van der Waals surface area contributed by atoms with E-state index in [0.29, 0.717) is 0 Å². The topological polar surface area (TPSA) is 22.8 Å². The first-order valence-electron chi connectivity index (χ1n) is 21.2. The summed E-state index contributed by atoms with van der Waals surface area (Å²) in [5.74, 6) is 0. The Kier molecular flexibility index (Phi) is 8.50. The van der Waals surface area contributed by atoms with Gasteiger partial charge in [-0.05, 0) is 100 Å². The molecule has 0 bridgehead atoms. The van der Waals surface area contributed by atoms with E-state index in [1.54, 1.807) is 0 Å². The summed E-state index contributed by atoms with van der Waals surface area (Å²) in [6.07, 6.45) is 0. The van der Waals surface area contributed by atoms with Crippen LogP contribution in [0.5, 0.6) is 0 Å². The van der Waals surface area contributed by atoms with Crippen LogP contribution in [-0.2, 0) is 0 Å². The maximum Gasteiger partial charge on any atom is 0.0716 e. The maximum atomic E-state index is 5.26. The number of benzene rings is 9. The van der Waals surface area contributed by atoms with Crippen LogP contribution in [0.15, 0.2) is 237 Å². The van der Waals surface area contributed by atoms with Gasteiger partial charge in [0.2, 0.25) is 0 Å². The molecule has 0 aliphatic carbocycles. The normalized spacial score (nSPS) is 11.5. The maximum absolute atomic E-state index is 5.26. The summed E-state index contributed by atoms with van der Waals surface area (Å²) < 4.78 is 4.82. The Bertz CT molecular complexity index is 3560. The van der Waals surface area contributed by atoms with E-state index in [9.17, 15) is 0 Å². The van der Waals surface area contributed by atoms with Crippen molar-refractivity contribution in [1.29, 1.82) is 0 Å². The van der Waals surface area contributed by atoms with E-state index in [0.717, 1.165) is 45.0 Å². The summed E-state index contributed by atoms with van der Waals surface area (Å²) >= 11 is 0. The van der Waals surface area contributed by atoms with E-state index < -0.39 is 0 Å². The summed E-state index contributed by atoms with van der Waals surface area (Å²) in [7, 11) is 0. The minimum Gasteiger partial charge on any atom is -0.309 e. The van der Waals surface area contributed by atoms with Crippen molar-refractivity contribution >= 4 is 43.6 Å². The molecule has 0 amide bonds. The number of hydrogen-bond acceptors (Lipinski definition) is 1. The second-order valence-corrected chi connectivity index (χ2v) is 16.0. The highest BCUT2D eigenvalue weighted by molar-refractivity contribution is 6.12. The number of fused-ring (bicyclic) bond motifs is 6. The summed E-state index contributed by atoms with van der Waals surface area (Å²) in [4.78, 5) is 5.26. The zero-order valence-electron chi connectivity index (χ0n) is 33.9. The smallest absolute Gasteiger partial charge is 0.0716 e. The van der Waals surface area contributed by atoms with Crippen molar-refractivity contribution in [1.82, 2.24) is 14.1 Å². The van der Waals surface area contributed by atoms with E-state index in [2.05, 4.69) is 246 Å². The van der Waals surface area contributed by atoms with Gasteiger partial charge in [-0.3, -0.25) is 0 Å². The van der Waals surface area contributed by atoms with Crippen molar-refractivity contribution < 1.29 is 0 Å². The van der Waals surface area contributed by atoms with Crippen LogP contribution in [-0.4, -0.2) is 14.1 Å². The second-order valence-electron chi connectivity index (χ2n) is 16.0. The second kappa shape index (κ2) is 14.8. The lowest BCUT2D eigenvalue weighted by Gasteiger charge is -2.13. The quantitative estimate of drug-likeness (QED) is 0.158. The van der Waals surface area contributed by atoms with Crippen LogP contribution < -0.4 is 0 Å². The summed E-state index contributed by atoms with van der Waals surface area (Å²) in [5, 5.41) is 4.93. The first kappa shape index (κ1) is 35.7. The van der Waals surface area contributed by atoms with Crippen molar-refractivity contribution in [2.75, 3.05) is 0 Å². The van der Waals surface area contributed by atoms with E-state index in [1.807, 2.05) is 0 Å². The number of para-hydroxylation sites is 2. The fourth-order valence-electron chi connectivity index (χ4n) is 9.35. The number of hydrogen-bond donors (Lipinski definition) is 0.